The van der Waals surface area contributed by atoms with Crippen LogP contribution in [0.5, 0.6) is 0 Å². The summed E-state index contributed by atoms with van der Waals surface area (Å²) in [6.07, 6.45) is 3.73. The summed E-state index contributed by atoms with van der Waals surface area (Å²) in [6.45, 7) is 1.40. The Morgan fingerprint density at radius 1 is 1.36 bits per heavy atom. The van der Waals surface area contributed by atoms with E-state index in [4.69, 9.17) is 16.2 Å². The lowest BCUT2D eigenvalue weighted by molar-refractivity contribution is -0.148. The van der Waals surface area contributed by atoms with Crippen LogP contribution in [-0.4, -0.2) is 24.1 Å². The third-order valence-corrected chi connectivity index (χ3v) is 2.30. The molecule has 0 bridgehead atoms. The average Bonchev–Trinajstić information content (AvgIpc) is 2.06. The van der Waals surface area contributed by atoms with Crippen molar-refractivity contribution in [1.82, 2.24) is 0 Å². The van der Waals surface area contributed by atoms with Gasteiger partial charge in [0, 0.05) is 6.92 Å². The average molecular weight is 199 g/mol. The highest BCUT2D eigenvalue weighted by molar-refractivity contribution is 5.76. The molecule has 1 saturated carbocycles. The molecule has 1 rings (SSSR count). The Kier molecular flexibility index (Phi) is 3.73. The standard InChI is InChI=1S/C9H17N3O2/c1-6(13)14-8-5-3-2-4-7(8)12-9(10)11/h7-8H,2-5H2,1H3,(H4,10,11,12). The Morgan fingerprint density at radius 2 is 2.00 bits per heavy atom. The molecule has 0 spiro atoms. The van der Waals surface area contributed by atoms with E-state index in [-0.39, 0.29) is 24.1 Å². The summed E-state index contributed by atoms with van der Waals surface area (Å²) in [5.74, 6) is -0.207. The Hall–Kier alpha value is -1.26. The zero-order valence-corrected chi connectivity index (χ0v) is 8.40. The first-order valence-electron chi connectivity index (χ1n) is 4.85. The zero-order valence-electron chi connectivity index (χ0n) is 8.40. The van der Waals surface area contributed by atoms with Crippen molar-refractivity contribution in [2.24, 2.45) is 16.5 Å². The number of nitrogens with two attached hydrogens (primary N) is 2. The number of esters is 1. The second kappa shape index (κ2) is 4.83. The minimum absolute atomic E-state index is 0.0577. The van der Waals surface area contributed by atoms with E-state index in [1.54, 1.807) is 0 Å². The van der Waals surface area contributed by atoms with Crippen molar-refractivity contribution in [3.8, 4) is 0 Å². The summed E-state index contributed by atoms with van der Waals surface area (Å²) in [4.78, 5) is 14.9. The normalized spacial score (nSPS) is 26.6. The molecule has 1 fully saturated rings. The number of hydrogen-bond donors (Lipinski definition) is 2. The number of hydrogen-bond acceptors (Lipinski definition) is 3. The van der Waals surface area contributed by atoms with Crippen LogP contribution >= 0.6 is 0 Å². The van der Waals surface area contributed by atoms with Crippen LogP contribution in [0.1, 0.15) is 32.6 Å². The minimum Gasteiger partial charge on any atom is -0.460 e. The second-order valence-corrected chi connectivity index (χ2v) is 3.55. The highest BCUT2D eigenvalue weighted by Crippen LogP contribution is 2.23. The van der Waals surface area contributed by atoms with Crippen LogP contribution in [0, 0.1) is 0 Å². The van der Waals surface area contributed by atoms with E-state index in [9.17, 15) is 4.79 Å². The quantitative estimate of drug-likeness (QED) is 0.376. The molecule has 0 heterocycles. The number of aliphatic imine (C=N–C) groups is 1. The zero-order chi connectivity index (χ0) is 10.6. The molecule has 0 saturated heterocycles. The van der Waals surface area contributed by atoms with Crippen LogP contribution in [-0.2, 0) is 9.53 Å². The van der Waals surface area contributed by atoms with Crippen molar-refractivity contribution in [2.75, 3.05) is 0 Å². The molecule has 14 heavy (non-hydrogen) atoms. The van der Waals surface area contributed by atoms with Gasteiger partial charge in [0.1, 0.15) is 6.10 Å². The SMILES string of the molecule is CC(=O)OC1CCCCC1N=C(N)N. The van der Waals surface area contributed by atoms with Crippen LogP contribution in [0.3, 0.4) is 0 Å². The summed E-state index contributed by atoms with van der Waals surface area (Å²) < 4.78 is 5.15. The molecule has 80 valence electrons. The van der Waals surface area contributed by atoms with Crippen molar-refractivity contribution in [3.05, 3.63) is 0 Å². The summed E-state index contributed by atoms with van der Waals surface area (Å²) in [7, 11) is 0. The molecule has 0 aromatic heterocycles. The van der Waals surface area contributed by atoms with Crippen LogP contribution in [0.25, 0.3) is 0 Å². The van der Waals surface area contributed by atoms with Crippen LogP contribution in [0.4, 0.5) is 0 Å². The van der Waals surface area contributed by atoms with Gasteiger partial charge in [-0.25, -0.2) is 4.99 Å². The van der Waals surface area contributed by atoms with Crippen LogP contribution in [0.2, 0.25) is 0 Å². The third-order valence-electron chi connectivity index (χ3n) is 2.30. The number of ether oxygens (including phenoxy) is 1. The van der Waals surface area contributed by atoms with Gasteiger partial charge in [-0.15, -0.1) is 0 Å². The monoisotopic (exact) mass is 199 g/mol. The number of guanidine groups is 1. The molecule has 2 atom stereocenters. The van der Waals surface area contributed by atoms with Crippen LogP contribution in [0.15, 0.2) is 4.99 Å². The molecule has 5 nitrogen and oxygen atoms in total. The molecular weight excluding hydrogens is 182 g/mol. The molecule has 0 aromatic carbocycles. The topological polar surface area (TPSA) is 90.7 Å². The van der Waals surface area contributed by atoms with Crippen molar-refractivity contribution in [1.29, 1.82) is 0 Å². The Balaban J connectivity index is 2.59. The van der Waals surface area contributed by atoms with Gasteiger partial charge in [0.25, 0.3) is 0 Å². The van der Waals surface area contributed by atoms with E-state index in [0.717, 1.165) is 25.7 Å². The maximum atomic E-state index is 10.8. The van der Waals surface area contributed by atoms with E-state index in [1.165, 1.54) is 6.92 Å². The van der Waals surface area contributed by atoms with E-state index in [1.807, 2.05) is 0 Å². The third kappa shape index (κ3) is 3.24. The fraction of sp³-hybridized carbons (Fsp3) is 0.778. The molecule has 0 aromatic rings. The first-order chi connectivity index (χ1) is 6.59. The lowest BCUT2D eigenvalue weighted by Crippen LogP contribution is -2.36. The Bertz CT molecular complexity index is 236. The first kappa shape index (κ1) is 10.8. The minimum atomic E-state index is -0.271. The molecule has 1 aliphatic carbocycles. The fourth-order valence-electron chi connectivity index (χ4n) is 1.77. The summed E-state index contributed by atoms with van der Waals surface area (Å²) >= 11 is 0. The van der Waals surface area contributed by atoms with Gasteiger partial charge in [0.15, 0.2) is 5.96 Å². The van der Waals surface area contributed by atoms with Gasteiger partial charge >= 0.3 is 5.97 Å². The highest BCUT2D eigenvalue weighted by Gasteiger charge is 2.27. The van der Waals surface area contributed by atoms with E-state index in [0.29, 0.717) is 0 Å². The van der Waals surface area contributed by atoms with E-state index < -0.39 is 0 Å². The molecule has 0 radical (unpaired) electrons. The lowest BCUT2D eigenvalue weighted by atomic mass is 9.93. The summed E-state index contributed by atoms with van der Waals surface area (Å²) in [6, 6.07) is -0.0577. The Morgan fingerprint density at radius 3 is 2.57 bits per heavy atom. The Labute approximate surface area is 83.5 Å². The van der Waals surface area contributed by atoms with Gasteiger partial charge < -0.3 is 16.2 Å². The fourth-order valence-corrected chi connectivity index (χ4v) is 1.77. The predicted octanol–water partition coefficient (Wildman–Crippen LogP) is 0.134. The van der Waals surface area contributed by atoms with Gasteiger partial charge in [-0.2, -0.15) is 0 Å². The van der Waals surface area contributed by atoms with E-state index >= 15 is 0 Å². The molecule has 0 aliphatic heterocycles. The van der Waals surface area contributed by atoms with Crippen molar-refractivity contribution >= 4 is 11.9 Å². The number of nitrogens with zero attached hydrogens (tertiary/aromatic N) is 1. The predicted molar refractivity (Wildman–Crippen MR) is 53.6 cm³/mol. The highest BCUT2D eigenvalue weighted by atomic mass is 16.5. The molecule has 4 N–H and O–H groups in total. The molecule has 1 aliphatic rings. The largest absolute Gasteiger partial charge is 0.460 e. The number of carbonyl (C=O) groups is 1. The second-order valence-electron chi connectivity index (χ2n) is 3.55. The van der Waals surface area contributed by atoms with E-state index in [2.05, 4.69) is 4.99 Å². The van der Waals surface area contributed by atoms with Gasteiger partial charge in [-0.1, -0.05) is 6.42 Å². The van der Waals surface area contributed by atoms with Crippen molar-refractivity contribution < 1.29 is 9.53 Å². The maximum absolute atomic E-state index is 10.8. The number of carbonyl (C=O) groups excluding carboxylic acids is 1. The van der Waals surface area contributed by atoms with Crippen LogP contribution < -0.4 is 11.5 Å². The smallest absolute Gasteiger partial charge is 0.302 e. The molecule has 5 heteroatoms. The maximum Gasteiger partial charge on any atom is 0.302 e. The van der Waals surface area contributed by atoms with Gasteiger partial charge in [0.2, 0.25) is 0 Å². The lowest BCUT2D eigenvalue weighted by Gasteiger charge is -2.27. The first-order valence-corrected chi connectivity index (χ1v) is 4.85. The van der Waals surface area contributed by atoms with Crippen molar-refractivity contribution in [3.63, 3.8) is 0 Å². The van der Waals surface area contributed by atoms with Gasteiger partial charge in [0.05, 0.1) is 6.04 Å². The molecular formula is C9H17N3O2. The van der Waals surface area contributed by atoms with Gasteiger partial charge in [-0.05, 0) is 19.3 Å². The summed E-state index contributed by atoms with van der Waals surface area (Å²) in [5.41, 5.74) is 10.6. The molecule has 0 amide bonds. The van der Waals surface area contributed by atoms with Crippen molar-refractivity contribution in [2.45, 2.75) is 44.8 Å². The summed E-state index contributed by atoms with van der Waals surface area (Å²) in [5, 5.41) is 0. The number of rotatable bonds is 2. The van der Waals surface area contributed by atoms with Gasteiger partial charge in [-0.3, -0.25) is 4.79 Å². The molecule has 2 unspecified atom stereocenters.